The summed E-state index contributed by atoms with van der Waals surface area (Å²) in [6, 6.07) is 0. The van der Waals surface area contributed by atoms with Gasteiger partial charge in [-0.2, -0.15) is 0 Å². The summed E-state index contributed by atoms with van der Waals surface area (Å²) in [7, 11) is 5.92. The molecule has 96 valence electrons. The van der Waals surface area contributed by atoms with Crippen LogP contribution in [0, 0.1) is 0 Å². The summed E-state index contributed by atoms with van der Waals surface area (Å²) in [5.74, 6) is 0. The molecule has 1 aliphatic carbocycles. The molecule has 0 saturated heterocycles. The van der Waals surface area contributed by atoms with Gasteiger partial charge in [-0.3, -0.25) is 0 Å². The molecule has 1 saturated carbocycles. The number of nitrogens with zero attached hydrogens (tertiary/aromatic N) is 1. The molecule has 1 fully saturated rings. The van der Waals surface area contributed by atoms with Crippen molar-refractivity contribution in [3.63, 3.8) is 0 Å². The summed E-state index contributed by atoms with van der Waals surface area (Å²) in [5, 5.41) is 12.9. The number of ether oxygens (including phenoxy) is 1. The highest BCUT2D eigenvalue weighted by Gasteiger charge is 2.35. The Bertz CT molecular complexity index is 191. The van der Waals surface area contributed by atoms with E-state index in [0.29, 0.717) is 18.7 Å². The summed E-state index contributed by atoms with van der Waals surface area (Å²) < 4.78 is 4.90. The van der Waals surface area contributed by atoms with Crippen molar-refractivity contribution in [3.8, 4) is 0 Å². The Hall–Kier alpha value is -0.160. The second-order valence-corrected chi connectivity index (χ2v) is 5.07. The van der Waals surface area contributed by atoms with Crippen LogP contribution >= 0.6 is 0 Å². The molecule has 4 nitrogen and oxygen atoms in total. The van der Waals surface area contributed by atoms with Crippen LogP contribution in [0.3, 0.4) is 0 Å². The largest absolute Gasteiger partial charge is 0.389 e. The maximum Gasteiger partial charge on any atom is 0.0897 e. The van der Waals surface area contributed by atoms with Crippen molar-refractivity contribution in [1.82, 2.24) is 10.2 Å². The summed E-state index contributed by atoms with van der Waals surface area (Å²) in [5.41, 5.74) is 0.298. The third-order valence-corrected chi connectivity index (χ3v) is 3.68. The van der Waals surface area contributed by atoms with Crippen molar-refractivity contribution in [2.45, 2.75) is 37.3 Å². The Labute approximate surface area is 99.0 Å². The average Bonchev–Trinajstić information content (AvgIpc) is 2.68. The molecule has 0 aromatic heterocycles. The van der Waals surface area contributed by atoms with E-state index < -0.39 is 6.10 Å². The molecule has 0 heterocycles. The van der Waals surface area contributed by atoms with Gasteiger partial charge in [0, 0.05) is 25.7 Å². The maximum absolute atomic E-state index is 9.54. The van der Waals surface area contributed by atoms with Gasteiger partial charge in [0.1, 0.15) is 0 Å². The highest BCUT2D eigenvalue weighted by Crippen LogP contribution is 2.32. The number of methoxy groups -OCH3 is 1. The fourth-order valence-corrected chi connectivity index (χ4v) is 2.54. The van der Waals surface area contributed by atoms with E-state index in [1.807, 2.05) is 0 Å². The molecule has 2 N–H and O–H groups in total. The third-order valence-electron chi connectivity index (χ3n) is 3.68. The number of nitrogens with one attached hydrogen (secondary N) is 1. The number of aliphatic hydroxyl groups excluding tert-OH is 1. The molecule has 0 radical (unpaired) electrons. The maximum atomic E-state index is 9.54. The Morgan fingerprint density at radius 3 is 2.50 bits per heavy atom. The van der Waals surface area contributed by atoms with Crippen LogP contribution < -0.4 is 5.32 Å². The van der Waals surface area contributed by atoms with Crippen LogP contribution in [-0.4, -0.2) is 62.6 Å². The molecular weight excluding hydrogens is 204 g/mol. The highest BCUT2D eigenvalue weighted by molar-refractivity contribution is 4.94. The normalized spacial score (nSPS) is 21.6. The molecule has 0 bridgehead atoms. The topological polar surface area (TPSA) is 44.7 Å². The zero-order valence-corrected chi connectivity index (χ0v) is 10.8. The van der Waals surface area contributed by atoms with Crippen molar-refractivity contribution in [1.29, 1.82) is 0 Å². The molecule has 1 rings (SSSR count). The van der Waals surface area contributed by atoms with Crippen LogP contribution in [0.2, 0.25) is 0 Å². The average molecular weight is 230 g/mol. The lowest BCUT2D eigenvalue weighted by atomic mass is 9.96. The zero-order chi connectivity index (χ0) is 12.0. The number of hydrogen-bond acceptors (Lipinski definition) is 4. The minimum absolute atomic E-state index is 0.298. The van der Waals surface area contributed by atoms with Crippen LogP contribution in [0.1, 0.15) is 25.7 Å². The van der Waals surface area contributed by atoms with E-state index in [9.17, 15) is 5.11 Å². The smallest absolute Gasteiger partial charge is 0.0897 e. The van der Waals surface area contributed by atoms with E-state index in [2.05, 4.69) is 24.3 Å². The predicted octanol–water partition coefficient (Wildman–Crippen LogP) is 0.458. The van der Waals surface area contributed by atoms with Gasteiger partial charge in [-0.25, -0.2) is 0 Å². The summed E-state index contributed by atoms with van der Waals surface area (Å²) in [4.78, 5) is 2.33. The van der Waals surface area contributed by atoms with Crippen LogP contribution in [0.15, 0.2) is 0 Å². The molecular formula is C12H26N2O2. The molecule has 0 aromatic carbocycles. The van der Waals surface area contributed by atoms with E-state index in [-0.39, 0.29) is 0 Å². The van der Waals surface area contributed by atoms with Gasteiger partial charge in [-0.05, 0) is 26.9 Å². The molecule has 1 aliphatic rings. The van der Waals surface area contributed by atoms with Crippen molar-refractivity contribution in [2.75, 3.05) is 40.9 Å². The minimum Gasteiger partial charge on any atom is -0.389 e. The zero-order valence-electron chi connectivity index (χ0n) is 10.8. The van der Waals surface area contributed by atoms with E-state index >= 15 is 0 Å². The lowest BCUT2D eigenvalue weighted by Gasteiger charge is -2.36. The standard InChI is InChI=1S/C12H26N2O2/c1-14(2)12(6-4-5-7-12)10-13-8-11(15)9-16-3/h11,13,15H,4-10H2,1-3H3. The van der Waals surface area contributed by atoms with Crippen LogP contribution in [0.25, 0.3) is 0 Å². The Morgan fingerprint density at radius 1 is 1.38 bits per heavy atom. The fraction of sp³-hybridized carbons (Fsp3) is 1.00. The molecule has 0 amide bonds. The lowest BCUT2D eigenvalue weighted by Crippen LogP contribution is -2.50. The monoisotopic (exact) mass is 230 g/mol. The lowest BCUT2D eigenvalue weighted by molar-refractivity contribution is 0.0602. The first kappa shape index (κ1) is 13.9. The molecule has 0 aliphatic heterocycles. The van der Waals surface area contributed by atoms with Gasteiger partial charge in [-0.1, -0.05) is 12.8 Å². The van der Waals surface area contributed by atoms with Crippen LogP contribution in [0.4, 0.5) is 0 Å². The fourth-order valence-electron chi connectivity index (χ4n) is 2.54. The summed E-state index contributed by atoms with van der Waals surface area (Å²) in [6.45, 7) is 1.98. The van der Waals surface area contributed by atoms with Gasteiger partial charge in [0.05, 0.1) is 12.7 Å². The van der Waals surface area contributed by atoms with Crippen LogP contribution in [-0.2, 0) is 4.74 Å². The predicted molar refractivity (Wildman–Crippen MR) is 65.6 cm³/mol. The van der Waals surface area contributed by atoms with Crippen LogP contribution in [0.5, 0.6) is 0 Å². The van der Waals surface area contributed by atoms with Crippen molar-refractivity contribution < 1.29 is 9.84 Å². The Morgan fingerprint density at radius 2 is 2.00 bits per heavy atom. The summed E-state index contributed by atoms with van der Waals surface area (Å²) in [6.07, 6.45) is 4.76. The molecule has 1 atom stereocenters. The number of likely N-dealkylation sites (N-methyl/N-ethyl adjacent to an activating group) is 1. The third kappa shape index (κ3) is 3.70. The molecule has 16 heavy (non-hydrogen) atoms. The highest BCUT2D eigenvalue weighted by atomic mass is 16.5. The van der Waals surface area contributed by atoms with Gasteiger partial charge < -0.3 is 20.1 Å². The van der Waals surface area contributed by atoms with Crippen molar-refractivity contribution in [2.24, 2.45) is 0 Å². The molecule has 0 aromatic rings. The Kier molecular flexibility index (Phi) is 5.69. The van der Waals surface area contributed by atoms with E-state index in [1.54, 1.807) is 7.11 Å². The van der Waals surface area contributed by atoms with Gasteiger partial charge in [0.25, 0.3) is 0 Å². The first-order valence-corrected chi connectivity index (χ1v) is 6.16. The van der Waals surface area contributed by atoms with E-state index in [0.717, 1.165) is 6.54 Å². The van der Waals surface area contributed by atoms with Crippen molar-refractivity contribution in [3.05, 3.63) is 0 Å². The first-order chi connectivity index (χ1) is 7.60. The van der Waals surface area contributed by atoms with Gasteiger partial charge in [0.2, 0.25) is 0 Å². The Balaban J connectivity index is 2.28. The van der Waals surface area contributed by atoms with E-state index in [1.165, 1.54) is 25.7 Å². The van der Waals surface area contributed by atoms with Gasteiger partial charge in [-0.15, -0.1) is 0 Å². The second kappa shape index (κ2) is 6.55. The molecule has 1 unspecified atom stereocenters. The number of rotatable bonds is 7. The van der Waals surface area contributed by atoms with Crippen molar-refractivity contribution >= 4 is 0 Å². The first-order valence-electron chi connectivity index (χ1n) is 6.16. The quantitative estimate of drug-likeness (QED) is 0.667. The number of aliphatic hydroxyl groups is 1. The number of hydrogen-bond donors (Lipinski definition) is 2. The minimum atomic E-state index is -0.398. The van der Waals surface area contributed by atoms with Gasteiger partial charge >= 0.3 is 0 Å². The SMILES string of the molecule is COCC(O)CNCC1(N(C)C)CCCC1. The molecule has 0 spiro atoms. The van der Waals surface area contributed by atoms with E-state index in [4.69, 9.17) is 4.74 Å². The second-order valence-electron chi connectivity index (χ2n) is 5.07. The summed E-state index contributed by atoms with van der Waals surface area (Å²) >= 11 is 0. The molecule has 4 heteroatoms. The van der Waals surface area contributed by atoms with Gasteiger partial charge in [0.15, 0.2) is 0 Å².